The van der Waals surface area contributed by atoms with E-state index in [1.54, 1.807) is 16.9 Å². The molecule has 1 saturated carbocycles. The van der Waals surface area contributed by atoms with Crippen molar-refractivity contribution < 1.29 is 27.4 Å². The normalized spacial score (nSPS) is 16.6. The molecule has 9 heteroatoms. The molecule has 1 heterocycles. The number of benzene rings is 2. The number of ether oxygens (including phenoxy) is 2. The number of rotatable bonds is 6. The molecule has 2 aliphatic rings. The number of amides is 2. The van der Waals surface area contributed by atoms with Crippen LogP contribution in [0.4, 0.5) is 29.3 Å². The van der Waals surface area contributed by atoms with Gasteiger partial charge in [0, 0.05) is 38.4 Å². The Bertz CT molecular complexity index is 924. The minimum absolute atomic E-state index is 0.124. The van der Waals surface area contributed by atoms with E-state index < -0.39 is 6.36 Å². The lowest BCUT2D eigenvalue weighted by Crippen LogP contribution is -2.53. The molecule has 0 aromatic heterocycles. The van der Waals surface area contributed by atoms with Gasteiger partial charge in [-0.1, -0.05) is 12.1 Å². The summed E-state index contributed by atoms with van der Waals surface area (Å²) in [4.78, 5) is 19.0. The Kier molecular flexibility index (Phi) is 6.34. The molecule has 2 fully saturated rings. The van der Waals surface area contributed by atoms with Crippen LogP contribution in [0.15, 0.2) is 48.5 Å². The third-order valence-corrected chi connectivity index (χ3v) is 5.73. The van der Waals surface area contributed by atoms with Crippen molar-refractivity contribution in [1.82, 2.24) is 4.90 Å². The molecule has 1 aliphatic heterocycles. The first-order chi connectivity index (χ1) is 15.3. The van der Waals surface area contributed by atoms with Gasteiger partial charge in [-0.2, -0.15) is 0 Å². The molecule has 0 bridgehead atoms. The molecule has 2 amide bonds. The summed E-state index contributed by atoms with van der Waals surface area (Å²) in [6.07, 6.45) is -2.63. The summed E-state index contributed by atoms with van der Waals surface area (Å²) < 4.78 is 46.7. The van der Waals surface area contributed by atoms with Crippen LogP contribution in [0, 0.1) is 5.92 Å². The number of nitrogens with zero attached hydrogens (tertiary/aromatic N) is 3. The monoisotopic (exact) mass is 449 g/mol. The minimum atomic E-state index is -4.74. The highest BCUT2D eigenvalue weighted by Gasteiger charge is 2.33. The fourth-order valence-electron chi connectivity index (χ4n) is 3.88. The average Bonchev–Trinajstić information content (AvgIpc) is 3.61. The SMILES string of the molecule is COc1ccccc1N1CCN(C(=O)N(CC2CC2)c2ccc(OC(F)(F)F)cc2)CC1. The van der Waals surface area contributed by atoms with E-state index in [1.165, 1.54) is 24.3 Å². The highest BCUT2D eigenvalue weighted by Crippen LogP contribution is 2.34. The average molecular weight is 449 g/mol. The zero-order valence-corrected chi connectivity index (χ0v) is 17.8. The van der Waals surface area contributed by atoms with Crippen molar-refractivity contribution in [2.24, 2.45) is 5.92 Å². The predicted octanol–water partition coefficient (Wildman–Crippen LogP) is 4.75. The number of halogens is 3. The van der Waals surface area contributed by atoms with E-state index in [4.69, 9.17) is 4.74 Å². The second kappa shape index (κ2) is 9.18. The number of methoxy groups -OCH3 is 1. The summed E-state index contributed by atoms with van der Waals surface area (Å²) in [5, 5.41) is 0. The zero-order chi connectivity index (χ0) is 22.7. The number of carbonyl (C=O) groups is 1. The molecule has 0 unspecified atom stereocenters. The van der Waals surface area contributed by atoms with Crippen molar-refractivity contribution in [2.75, 3.05) is 49.6 Å². The van der Waals surface area contributed by atoms with Crippen LogP contribution in [0.1, 0.15) is 12.8 Å². The van der Waals surface area contributed by atoms with Crippen molar-refractivity contribution in [2.45, 2.75) is 19.2 Å². The van der Waals surface area contributed by atoms with Gasteiger partial charge in [0.2, 0.25) is 0 Å². The number of anilines is 2. The largest absolute Gasteiger partial charge is 0.573 e. The van der Waals surface area contributed by atoms with Crippen LogP contribution in [0.3, 0.4) is 0 Å². The lowest BCUT2D eigenvalue weighted by atomic mass is 10.2. The highest BCUT2D eigenvalue weighted by atomic mass is 19.4. The highest BCUT2D eigenvalue weighted by molar-refractivity contribution is 5.92. The third-order valence-electron chi connectivity index (χ3n) is 5.73. The Balaban J connectivity index is 1.43. The van der Waals surface area contributed by atoms with Crippen molar-refractivity contribution in [3.8, 4) is 11.5 Å². The summed E-state index contributed by atoms with van der Waals surface area (Å²) >= 11 is 0. The number of carbonyl (C=O) groups excluding carboxylic acids is 1. The molecule has 1 saturated heterocycles. The fourth-order valence-corrected chi connectivity index (χ4v) is 3.88. The van der Waals surface area contributed by atoms with Crippen molar-refractivity contribution in [3.05, 3.63) is 48.5 Å². The molecule has 0 spiro atoms. The maximum Gasteiger partial charge on any atom is 0.573 e. The van der Waals surface area contributed by atoms with E-state index >= 15 is 0 Å². The molecule has 172 valence electrons. The molecular weight excluding hydrogens is 423 g/mol. The second-order valence-electron chi connectivity index (χ2n) is 8.02. The number of piperazine rings is 1. The lowest BCUT2D eigenvalue weighted by molar-refractivity contribution is -0.274. The molecule has 2 aromatic rings. The van der Waals surface area contributed by atoms with Gasteiger partial charge in [-0.25, -0.2) is 4.79 Å². The van der Waals surface area contributed by atoms with E-state index in [0.717, 1.165) is 24.3 Å². The van der Waals surface area contributed by atoms with Crippen LogP contribution in [-0.4, -0.2) is 57.1 Å². The van der Waals surface area contributed by atoms with Gasteiger partial charge in [0.15, 0.2) is 0 Å². The number of para-hydroxylation sites is 2. The van der Waals surface area contributed by atoms with Crippen molar-refractivity contribution in [3.63, 3.8) is 0 Å². The van der Waals surface area contributed by atoms with Crippen molar-refractivity contribution >= 4 is 17.4 Å². The standard InChI is InChI=1S/C23H26F3N3O3/c1-31-21-5-3-2-4-20(21)27-12-14-28(15-13-27)22(30)29(16-17-6-7-17)18-8-10-19(11-9-18)32-23(24,25)26/h2-5,8-11,17H,6-7,12-16H2,1H3. The van der Waals surface area contributed by atoms with Crippen LogP contribution in [0.5, 0.6) is 11.5 Å². The smallest absolute Gasteiger partial charge is 0.495 e. The third kappa shape index (κ3) is 5.38. The maximum absolute atomic E-state index is 13.3. The van der Waals surface area contributed by atoms with Crippen LogP contribution < -0.4 is 19.3 Å². The minimum Gasteiger partial charge on any atom is -0.495 e. The Morgan fingerprint density at radius 1 is 1.03 bits per heavy atom. The first-order valence-electron chi connectivity index (χ1n) is 10.6. The first kappa shape index (κ1) is 22.1. The van der Waals surface area contributed by atoms with Gasteiger partial charge >= 0.3 is 12.4 Å². The molecule has 4 rings (SSSR count). The molecular formula is C23H26F3N3O3. The first-order valence-corrected chi connectivity index (χ1v) is 10.6. The number of alkyl halides is 3. The molecule has 0 atom stereocenters. The van der Waals surface area contributed by atoms with E-state index in [2.05, 4.69) is 9.64 Å². The van der Waals surface area contributed by atoms with Gasteiger partial charge in [0.1, 0.15) is 11.5 Å². The lowest BCUT2D eigenvalue weighted by Gasteiger charge is -2.39. The van der Waals surface area contributed by atoms with E-state index in [1.807, 2.05) is 24.3 Å². The molecule has 0 radical (unpaired) electrons. The summed E-state index contributed by atoms with van der Waals surface area (Å²) in [5.41, 5.74) is 1.57. The molecule has 1 aliphatic carbocycles. The number of hydrogen-bond donors (Lipinski definition) is 0. The van der Waals surface area contributed by atoms with Gasteiger partial charge in [-0.05, 0) is 55.2 Å². The van der Waals surface area contributed by atoms with Gasteiger partial charge in [0.05, 0.1) is 12.8 Å². The zero-order valence-electron chi connectivity index (χ0n) is 17.8. The van der Waals surface area contributed by atoms with Crippen LogP contribution in [-0.2, 0) is 0 Å². The van der Waals surface area contributed by atoms with Gasteiger partial charge < -0.3 is 19.3 Å². The number of urea groups is 1. The summed E-state index contributed by atoms with van der Waals surface area (Å²) in [7, 11) is 1.64. The van der Waals surface area contributed by atoms with Gasteiger partial charge in [-0.15, -0.1) is 13.2 Å². The number of hydrogen-bond acceptors (Lipinski definition) is 4. The van der Waals surface area contributed by atoms with Crippen LogP contribution in [0.2, 0.25) is 0 Å². The molecule has 32 heavy (non-hydrogen) atoms. The van der Waals surface area contributed by atoms with Crippen LogP contribution >= 0.6 is 0 Å². The van der Waals surface area contributed by atoms with E-state index in [-0.39, 0.29) is 11.8 Å². The quantitative estimate of drug-likeness (QED) is 0.639. The second-order valence-corrected chi connectivity index (χ2v) is 8.02. The summed E-state index contributed by atoms with van der Waals surface area (Å²) in [6, 6.07) is 13.2. The molecule has 2 aromatic carbocycles. The van der Waals surface area contributed by atoms with E-state index in [0.29, 0.717) is 44.3 Å². The van der Waals surface area contributed by atoms with Crippen LogP contribution in [0.25, 0.3) is 0 Å². The summed E-state index contributed by atoms with van der Waals surface area (Å²) in [5.74, 6) is 0.925. The van der Waals surface area contributed by atoms with Gasteiger partial charge in [-0.3, -0.25) is 4.90 Å². The Labute approximate surface area is 185 Å². The Morgan fingerprint density at radius 2 is 1.69 bits per heavy atom. The fraction of sp³-hybridized carbons (Fsp3) is 0.435. The summed E-state index contributed by atoms with van der Waals surface area (Å²) in [6.45, 7) is 3.00. The Hall–Kier alpha value is -3.10. The predicted molar refractivity (Wildman–Crippen MR) is 115 cm³/mol. The molecule has 0 N–H and O–H groups in total. The van der Waals surface area contributed by atoms with E-state index in [9.17, 15) is 18.0 Å². The molecule has 6 nitrogen and oxygen atoms in total. The van der Waals surface area contributed by atoms with Gasteiger partial charge in [0.25, 0.3) is 0 Å². The van der Waals surface area contributed by atoms with Crippen molar-refractivity contribution in [1.29, 1.82) is 0 Å². The maximum atomic E-state index is 13.3. The Morgan fingerprint density at radius 3 is 2.28 bits per heavy atom. The topological polar surface area (TPSA) is 45.2 Å².